The number of nitrogens with zero attached hydrogens (tertiary/aromatic N) is 2. The summed E-state index contributed by atoms with van der Waals surface area (Å²) >= 11 is 0. The summed E-state index contributed by atoms with van der Waals surface area (Å²) in [4.78, 5) is 27.3. The van der Waals surface area contributed by atoms with Gasteiger partial charge in [-0.05, 0) is 62.1 Å². The molecule has 0 saturated carbocycles. The number of nitrogens with one attached hydrogen (secondary N) is 2. The van der Waals surface area contributed by atoms with E-state index in [0.717, 1.165) is 17.1 Å². The molecule has 166 valence electrons. The Morgan fingerprint density at radius 2 is 1.55 bits per heavy atom. The molecule has 1 heterocycles. The quantitative estimate of drug-likeness (QED) is 0.738. The minimum atomic E-state index is -3.70. The number of hydrogen-bond donors (Lipinski definition) is 2. The van der Waals surface area contributed by atoms with Gasteiger partial charge in [0.25, 0.3) is 5.91 Å². The van der Waals surface area contributed by atoms with E-state index in [2.05, 4.69) is 10.6 Å². The molecule has 0 unspecified atom stereocenters. The van der Waals surface area contributed by atoms with E-state index in [1.165, 1.54) is 20.2 Å². The molecule has 1 aliphatic heterocycles. The van der Waals surface area contributed by atoms with E-state index in [1.807, 2.05) is 0 Å². The number of likely N-dealkylation sites (tertiary alicyclic amines) is 1. The Morgan fingerprint density at radius 3 is 2.13 bits per heavy atom. The zero-order valence-electron chi connectivity index (χ0n) is 18.2. The molecule has 2 aromatic rings. The second kappa shape index (κ2) is 9.07. The minimum absolute atomic E-state index is 0.0956. The third-order valence-corrected chi connectivity index (χ3v) is 7.39. The van der Waals surface area contributed by atoms with Crippen LogP contribution in [0.25, 0.3) is 0 Å². The molecule has 2 N–H and O–H groups in total. The van der Waals surface area contributed by atoms with Crippen LogP contribution in [0.4, 0.5) is 16.2 Å². The number of benzene rings is 2. The van der Waals surface area contributed by atoms with Gasteiger partial charge in [0.15, 0.2) is 0 Å². The Labute approximate surface area is 183 Å². The van der Waals surface area contributed by atoms with Crippen molar-refractivity contribution in [2.75, 3.05) is 37.8 Å². The van der Waals surface area contributed by atoms with E-state index < -0.39 is 15.9 Å². The van der Waals surface area contributed by atoms with Gasteiger partial charge in [0.1, 0.15) is 0 Å². The predicted molar refractivity (Wildman–Crippen MR) is 121 cm³/mol. The highest BCUT2D eigenvalue weighted by atomic mass is 32.2. The third-order valence-electron chi connectivity index (χ3n) is 5.45. The summed E-state index contributed by atoms with van der Waals surface area (Å²) in [5.74, 6) is -0.457. The van der Waals surface area contributed by atoms with Crippen LogP contribution in [-0.4, -0.2) is 56.7 Å². The van der Waals surface area contributed by atoms with Crippen LogP contribution >= 0.6 is 0 Å². The number of rotatable bonds is 5. The maximum Gasteiger partial charge on any atom is 0.321 e. The number of hydrogen-bond acceptors (Lipinski definition) is 4. The summed E-state index contributed by atoms with van der Waals surface area (Å²) in [6.07, 6.45) is 1.97. The first-order valence-corrected chi connectivity index (χ1v) is 11.6. The van der Waals surface area contributed by atoms with Crippen LogP contribution in [0, 0.1) is 13.8 Å². The molecule has 3 rings (SSSR count). The maximum atomic E-state index is 13.0. The Morgan fingerprint density at radius 1 is 0.968 bits per heavy atom. The lowest BCUT2D eigenvalue weighted by atomic mass is 10.1. The highest BCUT2D eigenvalue weighted by Gasteiger charge is 2.24. The van der Waals surface area contributed by atoms with Crippen LogP contribution < -0.4 is 10.6 Å². The molecular formula is C22H28N4O4S. The lowest BCUT2D eigenvalue weighted by Gasteiger charge is -2.19. The summed E-state index contributed by atoms with van der Waals surface area (Å²) in [6.45, 7) is 4.92. The van der Waals surface area contributed by atoms with Gasteiger partial charge in [-0.2, -0.15) is 0 Å². The van der Waals surface area contributed by atoms with Gasteiger partial charge in [-0.1, -0.05) is 12.1 Å². The van der Waals surface area contributed by atoms with Crippen molar-refractivity contribution in [3.05, 3.63) is 53.1 Å². The molecule has 8 nitrogen and oxygen atoms in total. The van der Waals surface area contributed by atoms with Crippen molar-refractivity contribution >= 4 is 33.3 Å². The molecule has 0 aliphatic carbocycles. The summed E-state index contributed by atoms with van der Waals surface area (Å²) in [5, 5.41) is 5.65. The number of para-hydroxylation sites is 2. The lowest BCUT2D eigenvalue weighted by Crippen LogP contribution is -2.32. The van der Waals surface area contributed by atoms with E-state index in [1.54, 1.807) is 49.1 Å². The van der Waals surface area contributed by atoms with Crippen molar-refractivity contribution < 1.29 is 18.0 Å². The Balaban J connectivity index is 1.87. The monoisotopic (exact) mass is 444 g/mol. The Kier molecular flexibility index (Phi) is 6.66. The van der Waals surface area contributed by atoms with Gasteiger partial charge in [0, 0.05) is 32.7 Å². The minimum Gasteiger partial charge on any atom is -0.325 e. The van der Waals surface area contributed by atoms with Gasteiger partial charge < -0.3 is 15.5 Å². The van der Waals surface area contributed by atoms with E-state index in [4.69, 9.17) is 0 Å². The van der Waals surface area contributed by atoms with Crippen molar-refractivity contribution in [2.45, 2.75) is 31.6 Å². The molecule has 31 heavy (non-hydrogen) atoms. The van der Waals surface area contributed by atoms with E-state index in [9.17, 15) is 18.0 Å². The smallest absolute Gasteiger partial charge is 0.321 e. The molecule has 3 amide bonds. The van der Waals surface area contributed by atoms with Crippen molar-refractivity contribution in [1.82, 2.24) is 9.21 Å². The second-order valence-corrected chi connectivity index (χ2v) is 9.95. The van der Waals surface area contributed by atoms with Gasteiger partial charge in [-0.15, -0.1) is 0 Å². The van der Waals surface area contributed by atoms with Gasteiger partial charge in [0.2, 0.25) is 10.0 Å². The molecule has 0 aromatic heterocycles. The van der Waals surface area contributed by atoms with Crippen LogP contribution in [0.2, 0.25) is 0 Å². The molecule has 2 aromatic carbocycles. The fourth-order valence-corrected chi connectivity index (χ4v) is 4.65. The van der Waals surface area contributed by atoms with Crippen molar-refractivity contribution in [3.63, 3.8) is 0 Å². The fraction of sp³-hybridized carbons (Fsp3) is 0.364. The van der Waals surface area contributed by atoms with Crippen LogP contribution in [0.5, 0.6) is 0 Å². The molecule has 0 bridgehead atoms. The Bertz CT molecular complexity index is 1110. The SMILES string of the molecule is Cc1cc(C(=O)Nc2ccccc2NC(=O)N2CCCC2)cc(S(=O)(=O)N(C)C)c1C. The highest BCUT2D eigenvalue weighted by molar-refractivity contribution is 7.89. The largest absolute Gasteiger partial charge is 0.325 e. The molecule has 0 spiro atoms. The first kappa shape index (κ1) is 22.8. The first-order valence-electron chi connectivity index (χ1n) is 10.1. The highest BCUT2D eigenvalue weighted by Crippen LogP contribution is 2.26. The molecule has 1 aliphatic rings. The number of aryl methyl sites for hydroxylation is 1. The maximum absolute atomic E-state index is 13.0. The van der Waals surface area contributed by atoms with E-state index >= 15 is 0 Å². The fourth-order valence-electron chi connectivity index (χ4n) is 3.43. The predicted octanol–water partition coefficient (Wildman–Crippen LogP) is 3.43. The number of urea groups is 1. The van der Waals surface area contributed by atoms with E-state index in [0.29, 0.717) is 35.6 Å². The van der Waals surface area contributed by atoms with Crippen molar-refractivity contribution in [3.8, 4) is 0 Å². The number of carbonyl (C=O) groups is 2. The van der Waals surface area contributed by atoms with Crippen LogP contribution in [-0.2, 0) is 10.0 Å². The first-order chi connectivity index (χ1) is 14.6. The van der Waals surface area contributed by atoms with Crippen molar-refractivity contribution in [1.29, 1.82) is 0 Å². The average Bonchev–Trinajstić information content (AvgIpc) is 3.26. The molecule has 1 saturated heterocycles. The lowest BCUT2D eigenvalue weighted by molar-refractivity contribution is 0.102. The van der Waals surface area contributed by atoms with Crippen LogP contribution in [0.15, 0.2) is 41.3 Å². The normalized spacial score (nSPS) is 14.0. The van der Waals surface area contributed by atoms with E-state index in [-0.39, 0.29) is 16.5 Å². The number of amides is 3. The van der Waals surface area contributed by atoms with Gasteiger partial charge >= 0.3 is 6.03 Å². The number of carbonyl (C=O) groups excluding carboxylic acids is 2. The van der Waals surface area contributed by atoms with Crippen molar-refractivity contribution in [2.24, 2.45) is 0 Å². The van der Waals surface area contributed by atoms with Gasteiger partial charge in [-0.3, -0.25) is 4.79 Å². The van der Waals surface area contributed by atoms with Crippen LogP contribution in [0.3, 0.4) is 0 Å². The molecule has 0 radical (unpaired) electrons. The third kappa shape index (κ3) is 4.88. The Hall–Kier alpha value is -2.91. The molecular weight excluding hydrogens is 416 g/mol. The number of sulfonamides is 1. The number of anilines is 2. The summed E-state index contributed by atoms with van der Waals surface area (Å²) in [6, 6.07) is 9.77. The summed E-state index contributed by atoms with van der Waals surface area (Å²) < 4.78 is 26.5. The molecule has 1 fully saturated rings. The zero-order chi connectivity index (χ0) is 22.8. The molecule has 0 atom stereocenters. The summed E-state index contributed by atoms with van der Waals surface area (Å²) in [5.41, 5.74) is 2.45. The second-order valence-electron chi connectivity index (χ2n) is 7.83. The molecule has 9 heteroatoms. The topological polar surface area (TPSA) is 98.8 Å². The van der Waals surface area contributed by atoms with Crippen LogP contribution in [0.1, 0.15) is 34.3 Å². The van der Waals surface area contributed by atoms with Gasteiger partial charge in [-0.25, -0.2) is 17.5 Å². The zero-order valence-corrected chi connectivity index (χ0v) is 19.0. The standard InChI is InChI=1S/C22H28N4O4S/c1-15-13-17(14-20(16(15)2)31(29,30)25(3)4)21(27)23-18-9-5-6-10-19(18)24-22(28)26-11-7-8-12-26/h5-6,9-10,13-14H,7-8,11-12H2,1-4H3,(H,23,27)(H,24,28). The average molecular weight is 445 g/mol. The summed E-state index contributed by atoms with van der Waals surface area (Å²) in [7, 11) is -0.793. The van der Waals surface area contributed by atoms with Gasteiger partial charge in [0.05, 0.1) is 16.3 Å².